The SMILES string of the molecule is COc1c(F)cc(F)cc1CNO. The lowest BCUT2D eigenvalue weighted by molar-refractivity contribution is 0.159. The van der Waals surface area contributed by atoms with Gasteiger partial charge in [-0.1, -0.05) is 0 Å². The molecule has 0 aliphatic rings. The van der Waals surface area contributed by atoms with E-state index in [0.717, 1.165) is 12.1 Å². The predicted octanol–water partition coefficient (Wildman–Crippen LogP) is 1.45. The Morgan fingerprint density at radius 3 is 2.69 bits per heavy atom. The van der Waals surface area contributed by atoms with Gasteiger partial charge >= 0.3 is 0 Å². The molecular weight excluding hydrogens is 180 g/mol. The fourth-order valence-corrected chi connectivity index (χ4v) is 1.06. The third-order valence-electron chi connectivity index (χ3n) is 1.56. The van der Waals surface area contributed by atoms with Gasteiger partial charge in [0.1, 0.15) is 5.82 Å². The van der Waals surface area contributed by atoms with Crippen LogP contribution < -0.4 is 10.2 Å². The summed E-state index contributed by atoms with van der Waals surface area (Å²) in [6.45, 7) is -0.0716. The largest absolute Gasteiger partial charge is 0.493 e. The van der Waals surface area contributed by atoms with Crippen LogP contribution in [0.5, 0.6) is 5.75 Å². The fraction of sp³-hybridized carbons (Fsp3) is 0.250. The molecule has 2 N–H and O–H groups in total. The first-order valence-electron chi connectivity index (χ1n) is 3.58. The van der Waals surface area contributed by atoms with Gasteiger partial charge in [-0.15, -0.1) is 0 Å². The van der Waals surface area contributed by atoms with Gasteiger partial charge in [-0.05, 0) is 6.07 Å². The third-order valence-corrected chi connectivity index (χ3v) is 1.56. The molecule has 1 aromatic carbocycles. The van der Waals surface area contributed by atoms with Gasteiger partial charge < -0.3 is 9.94 Å². The van der Waals surface area contributed by atoms with Crippen molar-refractivity contribution in [1.82, 2.24) is 5.48 Å². The summed E-state index contributed by atoms with van der Waals surface area (Å²) in [7, 11) is 1.27. The van der Waals surface area contributed by atoms with Crippen LogP contribution in [-0.2, 0) is 6.54 Å². The molecule has 0 saturated heterocycles. The molecular formula is C8H9F2NO2. The number of hydrogen-bond donors (Lipinski definition) is 2. The number of hydroxylamine groups is 1. The second-order valence-corrected chi connectivity index (χ2v) is 2.41. The highest BCUT2D eigenvalue weighted by Gasteiger charge is 2.10. The molecule has 1 rings (SSSR count). The average molecular weight is 189 g/mol. The number of ether oxygens (including phenoxy) is 1. The molecule has 0 saturated carbocycles. The maximum absolute atomic E-state index is 13.0. The van der Waals surface area contributed by atoms with E-state index in [1.165, 1.54) is 7.11 Å². The van der Waals surface area contributed by atoms with E-state index in [9.17, 15) is 8.78 Å². The van der Waals surface area contributed by atoms with Crippen LogP contribution >= 0.6 is 0 Å². The minimum atomic E-state index is -0.784. The van der Waals surface area contributed by atoms with Crippen LogP contribution in [0, 0.1) is 11.6 Å². The summed E-state index contributed by atoms with van der Waals surface area (Å²) in [4.78, 5) is 0. The first kappa shape index (κ1) is 9.88. The van der Waals surface area contributed by atoms with E-state index in [-0.39, 0.29) is 17.9 Å². The number of rotatable bonds is 3. The second-order valence-electron chi connectivity index (χ2n) is 2.41. The lowest BCUT2D eigenvalue weighted by Gasteiger charge is -2.08. The highest BCUT2D eigenvalue weighted by atomic mass is 19.1. The van der Waals surface area contributed by atoms with Gasteiger partial charge in [-0.3, -0.25) is 0 Å². The first-order valence-corrected chi connectivity index (χ1v) is 3.58. The summed E-state index contributed by atoms with van der Waals surface area (Å²) in [6, 6.07) is 1.81. The molecule has 0 aliphatic carbocycles. The molecule has 0 unspecified atom stereocenters. The van der Waals surface area contributed by atoms with Gasteiger partial charge in [0.25, 0.3) is 0 Å². The smallest absolute Gasteiger partial charge is 0.168 e. The summed E-state index contributed by atoms with van der Waals surface area (Å²) in [5, 5.41) is 8.37. The Morgan fingerprint density at radius 1 is 1.46 bits per heavy atom. The van der Waals surface area contributed by atoms with Gasteiger partial charge in [-0.25, -0.2) is 14.3 Å². The summed E-state index contributed by atoms with van der Waals surface area (Å²) in [5.74, 6) is -1.56. The van der Waals surface area contributed by atoms with Crippen molar-refractivity contribution in [1.29, 1.82) is 0 Å². The van der Waals surface area contributed by atoms with Crippen molar-refractivity contribution >= 4 is 0 Å². The van der Waals surface area contributed by atoms with Crippen molar-refractivity contribution in [3.05, 3.63) is 29.3 Å². The first-order chi connectivity index (χ1) is 6.19. The zero-order valence-corrected chi connectivity index (χ0v) is 6.97. The van der Waals surface area contributed by atoms with Crippen molar-refractivity contribution in [2.75, 3.05) is 7.11 Å². The number of methoxy groups -OCH3 is 1. The number of nitrogens with one attached hydrogen (secondary N) is 1. The highest BCUT2D eigenvalue weighted by Crippen LogP contribution is 2.23. The Kier molecular flexibility index (Phi) is 3.16. The van der Waals surface area contributed by atoms with Crippen LogP contribution in [0.25, 0.3) is 0 Å². The van der Waals surface area contributed by atoms with Crippen molar-refractivity contribution < 1.29 is 18.7 Å². The summed E-state index contributed by atoms with van der Waals surface area (Å²) in [5.41, 5.74) is 2.02. The maximum Gasteiger partial charge on any atom is 0.168 e. The molecule has 0 heterocycles. The lowest BCUT2D eigenvalue weighted by Crippen LogP contribution is -2.08. The molecule has 72 valence electrons. The van der Waals surface area contributed by atoms with E-state index in [1.807, 2.05) is 0 Å². The minimum absolute atomic E-state index is 0.0667. The highest BCUT2D eigenvalue weighted by molar-refractivity contribution is 5.35. The molecule has 0 bridgehead atoms. The molecule has 0 amide bonds. The molecule has 5 heteroatoms. The summed E-state index contributed by atoms with van der Waals surface area (Å²) in [6.07, 6.45) is 0. The number of hydrogen-bond acceptors (Lipinski definition) is 3. The number of benzene rings is 1. The van der Waals surface area contributed by atoms with Crippen molar-refractivity contribution in [3.63, 3.8) is 0 Å². The van der Waals surface area contributed by atoms with E-state index in [0.29, 0.717) is 0 Å². The molecule has 0 fully saturated rings. The Bertz CT molecular complexity index is 304. The molecule has 0 radical (unpaired) electrons. The minimum Gasteiger partial charge on any atom is -0.493 e. The van der Waals surface area contributed by atoms with Gasteiger partial charge in [-0.2, -0.15) is 0 Å². The molecule has 0 aromatic heterocycles. The van der Waals surface area contributed by atoms with Crippen LogP contribution in [0.2, 0.25) is 0 Å². The Morgan fingerprint density at radius 2 is 2.15 bits per heavy atom. The van der Waals surface area contributed by atoms with E-state index < -0.39 is 11.6 Å². The van der Waals surface area contributed by atoms with E-state index >= 15 is 0 Å². The van der Waals surface area contributed by atoms with E-state index in [4.69, 9.17) is 9.94 Å². The van der Waals surface area contributed by atoms with Gasteiger partial charge in [0.15, 0.2) is 11.6 Å². The standard InChI is InChI=1S/C8H9F2NO2/c1-13-8-5(4-11-12)2-6(9)3-7(8)10/h2-3,11-12H,4H2,1H3. The van der Waals surface area contributed by atoms with Crippen molar-refractivity contribution in [2.24, 2.45) is 0 Å². The molecule has 13 heavy (non-hydrogen) atoms. The van der Waals surface area contributed by atoms with Gasteiger partial charge in [0, 0.05) is 18.2 Å². The Labute approximate surface area is 73.9 Å². The molecule has 0 aliphatic heterocycles. The fourth-order valence-electron chi connectivity index (χ4n) is 1.06. The molecule has 3 nitrogen and oxygen atoms in total. The third kappa shape index (κ3) is 2.13. The van der Waals surface area contributed by atoms with Crippen LogP contribution in [0.1, 0.15) is 5.56 Å². The number of halogens is 2. The van der Waals surface area contributed by atoms with Gasteiger partial charge in [0.2, 0.25) is 0 Å². The predicted molar refractivity (Wildman–Crippen MR) is 41.5 cm³/mol. The topological polar surface area (TPSA) is 41.5 Å². The normalized spacial score (nSPS) is 10.2. The molecule has 1 aromatic rings. The maximum atomic E-state index is 13.0. The second kappa shape index (κ2) is 4.15. The van der Waals surface area contributed by atoms with Crippen LogP contribution in [0.3, 0.4) is 0 Å². The monoisotopic (exact) mass is 189 g/mol. The Hall–Kier alpha value is -1.20. The zero-order valence-electron chi connectivity index (χ0n) is 6.97. The van der Waals surface area contributed by atoms with E-state index in [1.54, 1.807) is 5.48 Å². The molecule has 0 spiro atoms. The van der Waals surface area contributed by atoms with Gasteiger partial charge in [0.05, 0.1) is 7.11 Å². The van der Waals surface area contributed by atoms with Crippen molar-refractivity contribution in [2.45, 2.75) is 6.54 Å². The van der Waals surface area contributed by atoms with E-state index in [2.05, 4.69) is 0 Å². The van der Waals surface area contributed by atoms with Crippen LogP contribution in [0.15, 0.2) is 12.1 Å². The summed E-state index contributed by atoms with van der Waals surface area (Å²) < 4.78 is 30.3. The lowest BCUT2D eigenvalue weighted by atomic mass is 10.2. The zero-order chi connectivity index (χ0) is 9.84. The van der Waals surface area contributed by atoms with Crippen LogP contribution in [-0.4, -0.2) is 12.3 Å². The van der Waals surface area contributed by atoms with Crippen molar-refractivity contribution in [3.8, 4) is 5.75 Å². The molecule has 0 atom stereocenters. The average Bonchev–Trinajstić information content (AvgIpc) is 2.04. The summed E-state index contributed by atoms with van der Waals surface area (Å²) >= 11 is 0. The quantitative estimate of drug-likeness (QED) is 0.707. The van der Waals surface area contributed by atoms with Crippen LogP contribution in [0.4, 0.5) is 8.78 Å². The Balaban J connectivity index is 3.13.